The molecule has 8 nitrogen and oxygen atoms in total. The summed E-state index contributed by atoms with van der Waals surface area (Å²) in [7, 11) is 4.53. The second-order valence-electron chi connectivity index (χ2n) is 8.70. The van der Waals surface area contributed by atoms with Crippen LogP contribution in [-0.4, -0.2) is 51.2 Å². The van der Waals surface area contributed by atoms with Gasteiger partial charge in [0.15, 0.2) is 0 Å². The van der Waals surface area contributed by atoms with Crippen LogP contribution in [0.2, 0.25) is 0 Å². The molecule has 198 valence electrons. The van der Waals surface area contributed by atoms with Gasteiger partial charge in [0.1, 0.15) is 23.0 Å². The summed E-state index contributed by atoms with van der Waals surface area (Å²) in [5.74, 6) is -0.433. The van der Waals surface area contributed by atoms with E-state index >= 15 is 0 Å². The number of methoxy groups -OCH3 is 3. The molecule has 3 aromatic carbocycles. The Morgan fingerprint density at radius 2 is 1.45 bits per heavy atom. The first kappa shape index (κ1) is 26.6. The number of nitrogens with zero attached hydrogens (tertiary/aromatic N) is 2. The van der Waals surface area contributed by atoms with Crippen molar-refractivity contribution in [2.45, 2.75) is 19.9 Å². The highest BCUT2D eigenvalue weighted by atomic mass is 16.5. The number of ether oxygens (including phenoxy) is 3. The van der Waals surface area contributed by atoms with Crippen LogP contribution in [0.1, 0.15) is 31.0 Å². The topological polar surface area (TPSA) is 88.5 Å². The fourth-order valence-corrected chi connectivity index (χ4v) is 4.76. The van der Waals surface area contributed by atoms with E-state index in [0.29, 0.717) is 28.5 Å². The monoisotopic (exact) mass is 516 g/mol. The number of carbonyl (C=O) groups is 2. The molecule has 1 unspecified atom stereocenters. The largest absolute Gasteiger partial charge is 0.507 e. The normalized spacial score (nSPS) is 16.4. The number of hydrogen-bond donors (Lipinski definition) is 1. The number of benzene rings is 3. The van der Waals surface area contributed by atoms with Crippen molar-refractivity contribution in [3.05, 3.63) is 83.4 Å². The Morgan fingerprint density at radius 3 is 2.00 bits per heavy atom. The van der Waals surface area contributed by atoms with Crippen LogP contribution >= 0.6 is 0 Å². The number of rotatable bonds is 9. The first-order valence-electron chi connectivity index (χ1n) is 12.4. The van der Waals surface area contributed by atoms with Gasteiger partial charge in [0, 0.05) is 24.5 Å². The number of ketones is 1. The van der Waals surface area contributed by atoms with E-state index in [2.05, 4.69) is 18.7 Å². The first-order valence-corrected chi connectivity index (χ1v) is 12.4. The Balaban J connectivity index is 1.91. The van der Waals surface area contributed by atoms with Crippen molar-refractivity contribution in [3.63, 3.8) is 0 Å². The van der Waals surface area contributed by atoms with Gasteiger partial charge >= 0.3 is 0 Å². The molecule has 1 N–H and O–H groups in total. The predicted molar refractivity (Wildman–Crippen MR) is 147 cm³/mol. The third kappa shape index (κ3) is 4.77. The van der Waals surface area contributed by atoms with Gasteiger partial charge in [-0.05, 0) is 74.0 Å². The van der Waals surface area contributed by atoms with Gasteiger partial charge in [0.05, 0.1) is 38.5 Å². The number of hydrogen-bond acceptors (Lipinski definition) is 7. The molecule has 1 saturated heterocycles. The number of amides is 1. The fourth-order valence-electron chi connectivity index (χ4n) is 4.76. The van der Waals surface area contributed by atoms with Crippen molar-refractivity contribution in [1.82, 2.24) is 0 Å². The molecule has 8 heteroatoms. The van der Waals surface area contributed by atoms with Crippen molar-refractivity contribution in [2.75, 3.05) is 44.2 Å². The predicted octanol–water partition coefficient (Wildman–Crippen LogP) is 5.18. The molecule has 0 radical (unpaired) electrons. The maximum Gasteiger partial charge on any atom is 0.300 e. The van der Waals surface area contributed by atoms with Crippen LogP contribution in [0.4, 0.5) is 11.4 Å². The Hall–Kier alpha value is -4.46. The summed E-state index contributed by atoms with van der Waals surface area (Å²) in [5, 5.41) is 11.5. The molecular weight excluding hydrogens is 484 g/mol. The Morgan fingerprint density at radius 1 is 0.842 bits per heavy atom. The molecule has 4 rings (SSSR count). The zero-order chi connectivity index (χ0) is 27.4. The van der Waals surface area contributed by atoms with Crippen LogP contribution in [0.25, 0.3) is 5.76 Å². The Bertz CT molecular complexity index is 1340. The molecule has 1 heterocycles. The summed E-state index contributed by atoms with van der Waals surface area (Å²) < 4.78 is 16.1. The summed E-state index contributed by atoms with van der Waals surface area (Å²) in [6, 6.07) is 18.6. The second kappa shape index (κ2) is 11.3. The number of carbonyl (C=O) groups excluding carboxylic acids is 2. The number of anilines is 2. The lowest BCUT2D eigenvalue weighted by atomic mass is 9.94. The van der Waals surface area contributed by atoms with E-state index in [0.717, 1.165) is 18.8 Å². The molecule has 1 aliphatic heterocycles. The highest BCUT2D eigenvalue weighted by Crippen LogP contribution is 2.44. The molecule has 1 fully saturated rings. The van der Waals surface area contributed by atoms with Gasteiger partial charge in [-0.1, -0.05) is 12.1 Å². The van der Waals surface area contributed by atoms with Gasteiger partial charge in [-0.15, -0.1) is 0 Å². The summed E-state index contributed by atoms with van der Waals surface area (Å²) in [6.07, 6.45) is 0. The van der Waals surface area contributed by atoms with Gasteiger partial charge < -0.3 is 24.2 Å². The molecule has 0 spiro atoms. The van der Waals surface area contributed by atoms with Gasteiger partial charge in [0.2, 0.25) is 0 Å². The average molecular weight is 517 g/mol. The van der Waals surface area contributed by atoms with Crippen molar-refractivity contribution in [2.24, 2.45) is 0 Å². The van der Waals surface area contributed by atoms with Gasteiger partial charge in [-0.2, -0.15) is 0 Å². The molecule has 1 atom stereocenters. The summed E-state index contributed by atoms with van der Waals surface area (Å²) in [5.41, 5.74) is 2.40. The summed E-state index contributed by atoms with van der Waals surface area (Å²) >= 11 is 0. The van der Waals surface area contributed by atoms with Crippen LogP contribution in [0.15, 0.2) is 72.3 Å². The highest BCUT2D eigenvalue weighted by Gasteiger charge is 2.47. The van der Waals surface area contributed by atoms with Crippen molar-refractivity contribution in [1.29, 1.82) is 0 Å². The van der Waals surface area contributed by atoms with Crippen LogP contribution < -0.4 is 24.0 Å². The van der Waals surface area contributed by atoms with E-state index in [9.17, 15) is 14.7 Å². The standard InChI is InChI=1S/C30H32N2O6/c1-6-31(7-2)20-10-12-21(13-11-20)32-27(19-8-14-22(36-3)15-9-19)26(29(34)30(32)35)28(33)24-18-23(37-4)16-17-25(24)38-5/h8-18,27,33H,6-7H2,1-5H3/b28-26+. The van der Waals surface area contributed by atoms with Crippen LogP contribution in [0, 0.1) is 0 Å². The first-order chi connectivity index (χ1) is 18.4. The van der Waals surface area contributed by atoms with E-state index in [1.807, 2.05) is 24.3 Å². The average Bonchev–Trinajstić information content (AvgIpc) is 3.23. The number of aliphatic hydroxyl groups is 1. The maximum absolute atomic E-state index is 13.5. The van der Waals surface area contributed by atoms with Crippen molar-refractivity contribution >= 4 is 28.8 Å². The minimum atomic E-state index is -0.879. The summed E-state index contributed by atoms with van der Waals surface area (Å²) in [6.45, 7) is 5.84. The molecule has 1 amide bonds. The summed E-state index contributed by atoms with van der Waals surface area (Å²) in [4.78, 5) is 30.6. The van der Waals surface area contributed by atoms with Crippen LogP contribution in [-0.2, 0) is 9.59 Å². The quantitative estimate of drug-likeness (QED) is 0.238. The van der Waals surface area contributed by atoms with E-state index < -0.39 is 17.7 Å². The molecule has 38 heavy (non-hydrogen) atoms. The number of aliphatic hydroxyl groups excluding tert-OH is 1. The third-order valence-corrected chi connectivity index (χ3v) is 6.79. The van der Waals surface area contributed by atoms with Gasteiger partial charge in [0.25, 0.3) is 11.7 Å². The van der Waals surface area contributed by atoms with Gasteiger partial charge in [-0.3, -0.25) is 14.5 Å². The molecule has 0 saturated carbocycles. The molecule has 0 aliphatic carbocycles. The lowest BCUT2D eigenvalue weighted by Gasteiger charge is -2.27. The van der Waals surface area contributed by atoms with Gasteiger partial charge in [-0.25, -0.2) is 0 Å². The van der Waals surface area contributed by atoms with E-state index in [1.54, 1.807) is 49.6 Å². The van der Waals surface area contributed by atoms with E-state index in [1.165, 1.54) is 19.1 Å². The zero-order valence-corrected chi connectivity index (χ0v) is 22.2. The SMILES string of the molecule is CCN(CC)c1ccc(N2C(=O)C(=O)/C(=C(/O)c3cc(OC)ccc3OC)C2c2ccc(OC)cc2)cc1. The Kier molecular flexibility index (Phi) is 7.90. The molecule has 0 bridgehead atoms. The third-order valence-electron chi connectivity index (χ3n) is 6.79. The molecule has 3 aromatic rings. The number of Topliss-reactive ketones (excluding diaryl/α,β-unsaturated/α-hetero) is 1. The van der Waals surface area contributed by atoms with Crippen molar-refractivity contribution < 1.29 is 28.9 Å². The smallest absolute Gasteiger partial charge is 0.300 e. The zero-order valence-electron chi connectivity index (χ0n) is 22.2. The van der Waals surface area contributed by atoms with Crippen LogP contribution in [0.5, 0.6) is 17.2 Å². The van der Waals surface area contributed by atoms with Crippen molar-refractivity contribution in [3.8, 4) is 17.2 Å². The van der Waals surface area contributed by atoms with Crippen LogP contribution in [0.3, 0.4) is 0 Å². The molecular formula is C30H32N2O6. The minimum Gasteiger partial charge on any atom is -0.507 e. The highest BCUT2D eigenvalue weighted by molar-refractivity contribution is 6.51. The lowest BCUT2D eigenvalue weighted by Crippen LogP contribution is -2.29. The van der Waals surface area contributed by atoms with E-state index in [4.69, 9.17) is 14.2 Å². The minimum absolute atomic E-state index is 0.0421. The Labute approximate surface area is 222 Å². The second-order valence-corrected chi connectivity index (χ2v) is 8.70. The maximum atomic E-state index is 13.5. The van der Waals surface area contributed by atoms with E-state index in [-0.39, 0.29) is 16.9 Å². The fraction of sp³-hybridized carbons (Fsp3) is 0.267. The lowest BCUT2D eigenvalue weighted by molar-refractivity contribution is -0.132. The molecule has 0 aromatic heterocycles. The molecule has 1 aliphatic rings.